The monoisotopic (exact) mass is 237 g/mol. The highest BCUT2D eigenvalue weighted by Crippen LogP contribution is 1.98. The summed E-state index contributed by atoms with van der Waals surface area (Å²) in [6.45, 7) is 2.88. The van der Waals surface area contributed by atoms with Gasteiger partial charge in [-0.15, -0.1) is 0 Å². The van der Waals surface area contributed by atoms with Crippen molar-refractivity contribution in [3.8, 4) is 0 Å². The van der Waals surface area contributed by atoms with Crippen molar-refractivity contribution in [1.29, 1.82) is 0 Å². The summed E-state index contributed by atoms with van der Waals surface area (Å²) in [5.74, 6) is 0.0829. The molecule has 5 heteroatoms. The molecular formula is C12H19N3O2. The van der Waals surface area contributed by atoms with Crippen LogP contribution in [0, 0.1) is 0 Å². The lowest BCUT2D eigenvalue weighted by Gasteiger charge is -2.23. The highest BCUT2D eigenvalue weighted by atomic mass is 16.5. The van der Waals surface area contributed by atoms with Crippen LogP contribution in [0.1, 0.15) is 12.1 Å². The molecular weight excluding hydrogens is 218 g/mol. The van der Waals surface area contributed by atoms with Crippen molar-refractivity contribution in [2.24, 2.45) is 0 Å². The summed E-state index contributed by atoms with van der Waals surface area (Å²) < 4.78 is 5.30. The second-order valence-electron chi connectivity index (χ2n) is 4.23. The normalized spacial score (nSPS) is 20.1. The van der Waals surface area contributed by atoms with Gasteiger partial charge in [-0.1, -0.05) is 0 Å². The van der Waals surface area contributed by atoms with Gasteiger partial charge in [-0.2, -0.15) is 0 Å². The fourth-order valence-electron chi connectivity index (χ4n) is 1.91. The van der Waals surface area contributed by atoms with Crippen molar-refractivity contribution in [3.63, 3.8) is 0 Å². The second kappa shape index (κ2) is 6.42. The number of hydrogen-bond acceptors (Lipinski definition) is 3. The maximum atomic E-state index is 11.6. The molecule has 1 aromatic rings. The lowest BCUT2D eigenvalue weighted by Crippen LogP contribution is -2.44. The topological polar surface area (TPSA) is 66.2 Å². The molecule has 5 nitrogen and oxygen atoms in total. The van der Waals surface area contributed by atoms with Gasteiger partial charge in [-0.3, -0.25) is 4.79 Å². The molecule has 1 unspecified atom stereocenters. The number of aromatic nitrogens is 1. The summed E-state index contributed by atoms with van der Waals surface area (Å²) in [6.07, 6.45) is 3.22. The van der Waals surface area contributed by atoms with Gasteiger partial charge < -0.3 is 20.4 Å². The van der Waals surface area contributed by atoms with Crippen LogP contribution in [0.4, 0.5) is 0 Å². The van der Waals surface area contributed by atoms with Crippen molar-refractivity contribution in [3.05, 3.63) is 24.0 Å². The number of aromatic amines is 1. The van der Waals surface area contributed by atoms with Gasteiger partial charge in [0.2, 0.25) is 5.91 Å². The van der Waals surface area contributed by atoms with Crippen LogP contribution in [0.2, 0.25) is 0 Å². The third kappa shape index (κ3) is 4.20. The van der Waals surface area contributed by atoms with Gasteiger partial charge in [0.25, 0.3) is 0 Å². The molecule has 3 N–H and O–H groups in total. The van der Waals surface area contributed by atoms with Crippen LogP contribution in [-0.4, -0.2) is 43.2 Å². The molecule has 0 saturated carbocycles. The Bertz CT molecular complexity index is 332. The molecule has 17 heavy (non-hydrogen) atoms. The Morgan fingerprint density at radius 1 is 1.59 bits per heavy atom. The van der Waals surface area contributed by atoms with Crippen molar-refractivity contribution in [2.45, 2.75) is 18.9 Å². The lowest BCUT2D eigenvalue weighted by atomic mass is 10.2. The summed E-state index contributed by atoms with van der Waals surface area (Å²) in [4.78, 5) is 14.7. The SMILES string of the molecule is O=C(CC1COCCN1)NCCc1ccc[nH]1. The van der Waals surface area contributed by atoms with Crippen molar-refractivity contribution in [1.82, 2.24) is 15.6 Å². The van der Waals surface area contributed by atoms with Gasteiger partial charge >= 0.3 is 0 Å². The molecule has 1 atom stereocenters. The Labute approximate surface area is 101 Å². The summed E-state index contributed by atoms with van der Waals surface area (Å²) in [7, 11) is 0. The van der Waals surface area contributed by atoms with Crippen LogP contribution in [0.5, 0.6) is 0 Å². The van der Waals surface area contributed by atoms with Crippen LogP contribution >= 0.6 is 0 Å². The number of carbonyl (C=O) groups is 1. The minimum absolute atomic E-state index is 0.0829. The maximum absolute atomic E-state index is 11.6. The van der Waals surface area contributed by atoms with E-state index < -0.39 is 0 Å². The van der Waals surface area contributed by atoms with E-state index in [2.05, 4.69) is 15.6 Å². The molecule has 0 aliphatic carbocycles. The molecule has 1 aromatic heterocycles. The number of nitrogens with one attached hydrogen (secondary N) is 3. The first-order chi connectivity index (χ1) is 8.34. The molecule has 2 rings (SSSR count). The summed E-state index contributed by atoms with van der Waals surface area (Å²) >= 11 is 0. The molecule has 1 fully saturated rings. The fourth-order valence-corrected chi connectivity index (χ4v) is 1.91. The molecule has 1 amide bonds. The molecule has 1 aliphatic heterocycles. The molecule has 0 bridgehead atoms. The first kappa shape index (κ1) is 12.1. The number of amides is 1. The zero-order chi connectivity index (χ0) is 11.9. The molecule has 94 valence electrons. The number of morpholine rings is 1. The average molecular weight is 237 g/mol. The van der Waals surface area contributed by atoms with Crippen molar-refractivity contribution in [2.75, 3.05) is 26.3 Å². The van der Waals surface area contributed by atoms with E-state index in [1.54, 1.807) is 0 Å². The van der Waals surface area contributed by atoms with Crippen LogP contribution in [0.3, 0.4) is 0 Å². The van der Waals surface area contributed by atoms with Gasteiger partial charge in [0.05, 0.1) is 13.2 Å². The van der Waals surface area contributed by atoms with Crippen LogP contribution in [-0.2, 0) is 16.0 Å². The van der Waals surface area contributed by atoms with Crippen molar-refractivity contribution >= 4 is 5.91 Å². The summed E-state index contributed by atoms with van der Waals surface area (Å²) in [5, 5.41) is 6.18. The Morgan fingerprint density at radius 3 is 3.24 bits per heavy atom. The first-order valence-electron chi connectivity index (χ1n) is 6.04. The van der Waals surface area contributed by atoms with Crippen LogP contribution in [0.25, 0.3) is 0 Å². The van der Waals surface area contributed by atoms with E-state index in [4.69, 9.17) is 4.74 Å². The van der Waals surface area contributed by atoms with E-state index in [1.807, 2.05) is 18.3 Å². The van der Waals surface area contributed by atoms with E-state index in [-0.39, 0.29) is 11.9 Å². The lowest BCUT2D eigenvalue weighted by molar-refractivity contribution is -0.122. The van der Waals surface area contributed by atoms with E-state index in [1.165, 1.54) is 0 Å². The number of rotatable bonds is 5. The average Bonchev–Trinajstić information content (AvgIpc) is 2.83. The van der Waals surface area contributed by atoms with Crippen LogP contribution in [0.15, 0.2) is 18.3 Å². The molecule has 1 aliphatic rings. The zero-order valence-electron chi connectivity index (χ0n) is 9.87. The van der Waals surface area contributed by atoms with Gasteiger partial charge in [-0.05, 0) is 12.1 Å². The Kier molecular flexibility index (Phi) is 4.58. The second-order valence-corrected chi connectivity index (χ2v) is 4.23. The predicted molar refractivity (Wildman–Crippen MR) is 64.7 cm³/mol. The largest absolute Gasteiger partial charge is 0.378 e. The van der Waals surface area contributed by atoms with Gasteiger partial charge in [0.15, 0.2) is 0 Å². The van der Waals surface area contributed by atoms with E-state index >= 15 is 0 Å². The zero-order valence-corrected chi connectivity index (χ0v) is 9.87. The number of H-pyrrole nitrogens is 1. The summed E-state index contributed by atoms with van der Waals surface area (Å²) in [6, 6.07) is 4.14. The van der Waals surface area contributed by atoms with E-state index in [9.17, 15) is 4.79 Å². The first-order valence-corrected chi connectivity index (χ1v) is 6.04. The molecule has 0 radical (unpaired) electrons. The maximum Gasteiger partial charge on any atom is 0.221 e. The van der Waals surface area contributed by atoms with Gasteiger partial charge in [-0.25, -0.2) is 0 Å². The smallest absolute Gasteiger partial charge is 0.221 e. The fraction of sp³-hybridized carbons (Fsp3) is 0.583. The van der Waals surface area contributed by atoms with Gasteiger partial charge in [0.1, 0.15) is 0 Å². The number of carbonyl (C=O) groups excluding carboxylic acids is 1. The van der Waals surface area contributed by atoms with Crippen LogP contribution < -0.4 is 10.6 Å². The third-order valence-electron chi connectivity index (χ3n) is 2.81. The van der Waals surface area contributed by atoms with Gasteiger partial charge in [0, 0.05) is 43.9 Å². The Balaban J connectivity index is 1.60. The minimum Gasteiger partial charge on any atom is -0.378 e. The molecule has 0 aromatic carbocycles. The summed E-state index contributed by atoms with van der Waals surface area (Å²) in [5.41, 5.74) is 1.14. The van der Waals surface area contributed by atoms with Crippen molar-refractivity contribution < 1.29 is 9.53 Å². The highest BCUT2D eigenvalue weighted by molar-refractivity contribution is 5.76. The molecule has 0 spiro atoms. The third-order valence-corrected chi connectivity index (χ3v) is 2.81. The standard InChI is InChI=1S/C12H19N3O2/c16-12(8-11-9-17-7-6-14-11)15-5-3-10-2-1-4-13-10/h1-2,4,11,13-14H,3,5-9H2,(H,15,16). The van der Waals surface area contributed by atoms with E-state index in [0.717, 1.165) is 25.3 Å². The highest BCUT2D eigenvalue weighted by Gasteiger charge is 2.16. The molecule has 2 heterocycles. The predicted octanol–water partition coefficient (Wildman–Crippen LogP) is 0.0519. The Hall–Kier alpha value is -1.33. The Morgan fingerprint density at radius 2 is 2.53 bits per heavy atom. The molecule has 1 saturated heterocycles. The van der Waals surface area contributed by atoms with E-state index in [0.29, 0.717) is 19.6 Å². The minimum atomic E-state index is 0.0829. The number of hydrogen-bond donors (Lipinski definition) is 3. The number of ether oxygens (including phenoxy) is 1. The quantitative estimate of drug-likeness (QED) is 0.678.